The van der Waals surface area contributed by atoms with E-state index in [2.05, 4.69) is 0 Å². The fourth-order valence-corrected chi connectivity index (χ4v) is 3.30. The second-order valence-electron chi connectivity index (χ2n) is 4.96. The number of carboxylic acids is 1. The molecule has 0 atom stereocenters. The molecule has 22 heavy (non-hydrogen) atoms. The zero-order valence-electron chi connectivity index (χ0n) is 12.3. The second-order valence-corrected chi connectivity index (χ2v) is 7.55. The molecule has 0 fully saturated rings. The molecule has 0 heterocycles. The molecule has 0 radical (unpaired) electrons. The van der Waals surface area contributed by atoms with E-state index in [0.717, 1.165) is 6.42 Å². The molecule has 0 saturated heterocycles. The largest absolute Gasteiger partial charge is 0.480 e. The summed E-state index contributed by atoms with van der Waals surface area (Å²) in [5.41, 5.74) is 0.313. The van der Waals surface area contributed by atoms with Gasteiger partial charge >= 0.3 is 5.97 Å². The van der Waals surface area contributed by atoms with Gasteiger partial charge in [0.25, 0.3) is 0 Å². The van der Waals surface area contributed by atoms with E-state index in [0.29, 0.717) is 12.1 Å². The van der Waals surface area contributed by atoms with Crippen LogP contribution in [0.5, 0.6) is 0 Å². The van der Waals surface area contributed by atoms with Gasteiger partial charge in [-0.3, -0.25) is 9.69 Å². The Kier molecular flexibility index (Phi) is 7.25. The van der Waals surface area contributed by atoms with Crippen molar-refractivity contribution in [2.75, 3.05) is 24.6 Å². The van der Waals surface area contributed by atoms with Crippen LogP contribution in [0.2, 0.25) is 5.02 Å². The van der Waals surface area contributed by atoms with Gasteiger partial charge in [-0.05, 0) is 25.1 Å². The second kappa shape index (κ2) is 8.45. The smallest absolute Gasteiger partial charge is 0.318 e. The molecule has 1 aromatic rings. The average Bonchev–Trinajstić information content (AvgIpc) is 2.39. The molecule has 1 N–H and O–H groups in total. The predicted molar refractivity (Wildman–Crippen MR) is 83.3 cm³/mol. The maximum absolute atomic E-state index is 13.8. The van der Waals surface area contributed by atoms with Crippen molar-refractivity contribution in [1.82, 2.24) is 4.90 Å². The highest BCUT2D eigenvalue weighted by molar-refractivity contribution is 7.92. The molecule has 124 valence electrons. The first kappa shape index (κ1) is 18.9. The number of sulfone groups is 1. The number of benzene rings is 1. The fraction of sp³-hybridized carbons (Fsp3) is 0.500. The Labute approximate surface area is 134 Å². The topological polar surface area (TPSA) is 74.7 Å². The maximum Gasteiger partial charge on any atom is 0.318 e. The van der Waals surface area contributed by atoms with Crippen LogP contribution in [-0.2, 0) is 21.2 Å². The van der Waals surface area contributed by atoms with Crippen molar-refractivity contribution in [3.63, 3.8) is 0 Å². The third kappa shape index (κ3) is 6.29. The number of carboxylic acid groups (broad SMARTS) is 1. The molecule has 1 aromatic carbocycles. The van der Waals surface area contributed by atoms with Gasteiger partial charge in [-0.2, -0.15) is 0 Å². The van der Waals surface area contributed by atoms with Crippen LogP contribution in [0.15, 0.2) is 18.2 Å². The van der Waals surface area contributed by atoms with E-state index in [1.54, 1.807) is 11.0 Å². The van der Waals surface area contributed by atoms with Crippen LogP contribution in [0.1, 0.15) is 18.9 Å². The zero-order chi connectivity index (χ0) is 16.8. The Morgan fingerprint density at radius 2 is 2.05 bits per heavy atom. The van der Waals surface area contributed by atoms with E-state index < -0.39 is 27.4 Å². The summed E-state index contributed by atoms with van der Waals surface area (Å²) in [6.07, 6.45) is 0.755. The Bertz CT molecular complexity index is 601. The number of aliphatic carboxylic acids is 1. The summed E-state index contributed by atoms with van der Waals surface area (Å²) in [4.78, 5) is 12.3. The van der Waals surface area contributed by atoms with Crippen molar-refractivity contribution >= 4 is 27.4 Å². The Hall–Kier alpha value is -1.18. The minimum Gasteiger partial charge on any atom is -0.480 e. The highest BCUT2D eigenvalue weighted by Gasteiger charge is 2.19. The van der Waals surface area contributed by atoms with Crippen LogP contribution in [0, 0.1) is 5.82 Å². The molecule has 0 amide bonds. The molecule has 5 nitrogen and oxygen atoms in total. The molecule has 0 spiro atoms. The summed E-state index contributed by atoms with van der Waals surface area (Å²) in [6.45, 7) is 2.80. The van der Waals surface area contributed by atoms with E-state index in [4.69, 9.17) is 16.7 Å². The number of halogens is 2. The highest BCUT2D eigenvalue weighted by Crippen LogP contribution is 2.20. The lowest BCUT2D eigenvalue weighted by atomic mass is 10.2. The van der Waals surface area contributed by atoms with E-state index in [1.165, 1.54) is 12.1 Å². The first-order chi connectivity index (χ1) is 10.2. The van der Waals surface area contributed by atoms with E-state index >= 15 is 0 Å². The van der Waals surface area contributed by atoms with Gasteiger partial charge in [0.1, 0.15) is 11.6 Å². The predicted octanol–water partition coefficient (Wildman–Crippen LogP) is 2.19. The van der Waals surface area contributed by atoms with Crippen molar-refractivity contribution < 1.29 is 22.7 Å². The summed E-state index contributed by atoms with van der Waals surface area (Å²) in [5, 5.41) is 8.85. The van der Waals surface area contributed by atoms with Crippen LogP contribution >= 0.6 is 11.6 Å². The van der Waals surface area contributed by atoms with E-state index in [9.17, 15) is 17.6 Å². The Balaban J connectivity index is 2.76. The van der Waals surface area contributed by atoms with Gasteiger partial charge < -0.3 is 5.11 Å². The number of rotatable bonds is 9. The third-order valence-electron chi connectivity index (χ3n) is 3.05. The van der Waals surface area contributed by atoms with Gasteiger partial charge in [0, 0.05) is 23.7 Å². The average molecular weight is 352 g/mol. The molecule has 1 rings (SSSR count). The lowest BCUT2D eigenvalue weighted by molar-refractivity contribution is -0.134. The fourth-order valence-electron chi connectivity index (χ4n) is 2.02. The SMILES string of the molecule is CCCN(CCS(=O)(=O)CC(=O)O)Cc1c(F)cccc1Cl. The van der Waals surface area contributed by atoms with Crippen LogP contribution in [0.4, 0.5) is 4.39 Å². The molecule has 0 aromatic heterocycles. The molecule has 0 saturated carbocycles. The number of carbonyl (C=O) groups is 1. The molecule has 0 unspecified atom stereocenters. The molecule has 0 aliphatic rings. The van der Waals surface area contributed by atoms with Crippen molar-refractivity contribution in [3.8, 4) is 0 Å². The van der Waals surface area contributed by atoms with Gasteiger partial charge in [-0.25, -0.2) is 12.8 Å². The van der Waals surface area contributed by atoms with Gasteiger partial charge in [0.15, 0.2) is 9.84 Å². The third-order valence-corrected chi connectivity index (χ3v) is 4.89. The molecular formula is C14H19ClFNO4S. The van der Waals surface area contributed by atoms with Gasteiger partial charge in [0.2, 0.25) is 0 Å². The molecule has 0 aliphatic carbocycles. The van der Waals surface area contributed by atoms with Crippen LogP contribution in [0.3, 0.4) is 0 Å². The first-order valence-electron chi connectivity index (χ1n) is 6.82. The van der Waals surface area contributed by atoms with E-state index in [1.807, 2.05) is 6.92 Å². The molecule has 8 heteroatoms. The maximum atomic E-state index is 13.8. The molecule has 0 aliphatic heterocycles. The van der Waals surface area contributed by atoms with Crippen LogP contribution < -0.4 is 0 Å². The van der Waals surface area contributed by atoms with Gasteiger partial charge in [-0.15, -0.1) is 0 Å². The summed E-state index contributed by atoms with van der Waals surface area (Å²) in [7, 11) is -3.67. The number of hydrogen-bond acceptors (Lipinski definition) is 4. The number of nitrogens with zero attached hydrogens (tertiary/aromatic N) is 1. The standard InChI is InChI=1S/C14H19ClFNO4S/c1-2-6-17(7-8-22(20,21)10-14(18)19)9-11-12(15)4-3-5-13(11)16/h3-5H,2,6-10H2,1H3,(H,18,19). The summed E-state index contributed by atoms with van der Waals surface area (Å²) < 4.78 is 37.0. The Morgan fingerprint density at radius 1 is 1.36 bits per heavy atom. The molecule has 0 bridgehead atoms. The first-order valence-corrected chi connectivity index (χ1v) is 9.02. The normalized spacial score (nSPS) is 11.8. The van der Waals surface area contributed by atoms with Crippen molar-refractivity contribution in [2.24, 2.45) is 0 Å². The lowest BCUT2D eigenvalue weighted by Crippen LogP contribution is -2.32. The minimum atomic E-state index is -3.67. The van der Waals surface area contributed by atoms with E-state index in [-0.39, 0.29) is 23.9 Å². The van der Waals surface area contributed by atoms with Crippen LogP contribution in [0.25, 0.3) is 0 Å². The van der Waals surface area contributed by atoms with Crippen molar-refractivity contribution in [3.05, 3.63) is 34.6 Å². The summed E-state index contributed by atoms with van der Waals surface area (Å²) in [6, 6.07) is 4.38. The number of hydrogen-bond donors (Lipinski definition) is 1. The quantitative estimate of drug-likeness (QED) is 0.738. The molecular weight excluding hydrogens is 333 g/mol. The van der Waals surface area contributed by atoms with Crippen LogP contribution in [-0.4, -0.2) is 49.0 Å². The lowest BCUT2D eigenvalue weighted by Gasteiger charge is -2.22. The summed E-state index contributed by atoms with van der Waals surface area (Å²) >= 11 is 5.97. The van der Waals surface area contributed by atoms with Crippen molar-refractivity contribution in [1.29, 1.82) is 0 Å². The zero-order valence-corrected chi connectivity index (χ0v) is 13.8. The Morgan fingerprint density at radius 3 is 2.59 bits per heavy atom. The van der Waals surface area contributed by atoms with Gasteiger partial charge in [-0.1, -0.05) is 24.6 Å². The summed E-state index contributed by atoms with van der Waals surface area (Å²) in [5.74, 6) is -3.00. The monoisotopic (exact) mass is 351 g/mol. The minimum absolute atomic E-state index is 0.133. The van der Waals surface area contributed by atoms with Gasteiger partial charge in [0.05, 0.1) is 5.75 Å². The highest BCUT2D eigenvalue weighted by atomic mass is 35.5. The van der Waals surface area contributed by atoms with Crippen molar-refractivity contribution in [2.45, 2.75) is 19.9 Å².